The Kier molecular flexibility index (Phi) is 2.85. The number of carbonyl (C=O) groups excluding carboxylic acids is 1. The summed E-state index contributed by atoms with van der Waals surface area (Å²) in [7, 11) is 0. The molecular weight excluding hydrogens is 301 g/mol. The molecule has 1 aliphatic rings. The van der Waals surface area contributed by atoms with Crippen molar-refractivity contribution in [3.8, 4) is 0 Å². The fourth-order valence-electron chi connectivity index (χ4n) is 1.02. The molecule has 1 aliphatic heterocycles. The molecule has 2 rings (SSSR count). The van der Waals surface area contributed by atoms with Crippen LogP contribution in [0.25, 0.3) is 0 Å². The second kappa shape index (κ2) is 3.93. The van der Waals surface area contributed by atoms with Gasteiger partial charge in [-0.1, -0.05) is 0 Å². The number of hydrogen-bond donors (Lipinski definition) is 1. The van der Waals surface area contributed by atoms with E-state index < -0.39 is 0 Å². The lowest BCUT2D eigenvalue weighted by molar-refractivity contribution is -0.00345. The zero-order valence-corrected chi connectivity index (χ0v) is 9.72. The Labute approximate surface area is 93.6 Å². The number of thiophene rings is 1. The van der Waals surface area contributed by atoms with Crippen LogP contribution in [0.5, 0.6) is 0 Å². The monoisotopic (exact) mass is 309 g/mol. The van der Waals surface area contributed by atoms with Gasteiger partial charge in [-0.3, -0.25) is 4.79 Å². The summed E-state index contributed by atoms with van der Waals surface area (Å²) in [6, 6.07) is 2.10. The minimum atomic E-state index is 0.00691. The van der Waals surface area contributed by atoms with Gasteiger partial charge in [-0.15, -0.1) is 11.3 Å². The van der Waals surface area contributed by atoms with Gasteiger partial charge in [0.15, 0.2) is 0 Å². The maximum atomic E-state index is 11.5. The van der Waals surface area contributed by atoms with Crippen LogP contribution in [0.4, 0.5) is 0 Å². The number of carbonyl (C=O) groups is 1. The summed E-state index contributed by atoms with van der Waals surface area (Å²) in [5, 5.41) is 4.76. The molecule has 1 amide bonds. The van der Waals surface area contributed by atoms with Gasteiger partial charge in [-0.2, -0.15) is 0 Å². The van der Waals surface area contributed by atoms with E-state index in [4.69, 9.17) is 4.74 Å². The first-order chi connectivity index (χ1) is 6.25. The van der Waals surface area contributed by atoms with Crippen LogP contribution in [-0.2, 0) is 4.74 Å². The molecule has 1 aromatic heterocycles. The van der Waals surface area contributed by atoms with E-state index in [1.54, 1.807) is 11.3 Å². The van der Waals surface area contributed by atoms with Crippen molar-refractivity contribution in [2.75, 3.05) is 13.2 Å². The van der Waals surface area contributed by atoms with Crippen molar-refractivity contribution in [1.29, 1.82) is 0 Å². The molecular formula is C8H8INO2S. The number of halogens is 1. The number of rotatable bonds is 2. The Bertz CT molecular complexity index is 322. The summed E-state index contributed by atoms with van der Waals surface area (Å²) in [6.07, 6.45) is 0. The lowest BCUT2D eigenvalue weighted by Crippen LogP contribution is -2.48. The second-order valence-electron chi connectivity index (χ2n) is 2.85. The Balaban J connectivity index is 1.96. The van der Waals surface area contributed by atoms with Crippen molar-refractivity contribution in [1.82, 2.24) is 5.32 Å². The van der Waals surface area contributed by atoms with Crippen molar-refractivity contribution in [2.45, 2.75) is 6.04 Å². The third-order valence-corrected chi connectivity index (χ3v) is 3.59. The summed E-state index contributed by atoms with van der Waals surface area (Å²) in [6.45, 7) is 1.29. The summed E-state index contributed by atoms with van der Waals surface area (Å²) in [5.74, 6) is 0.00691. The van der Waals surface area contributed by atoms with Gasteiger partial charge in [-0.25, -0.2) is 0 Å². The van der Waals surface area contributed by atoms with Gasteiger partial charge in [-0.05, 0) is 28.7 Å². The minimum Gasteiger partial charge on any atom is -0.377 e. The van der Waals surface area contributed by atoms with Gasteiger partial charge in [0.1, 0.15) is 0 Å². The van der Waals surface area contributed by atoms with E-state index in [2.05, 4.69) is 27.9 Å². The molecule has 5 heteroatoms. The predicted molar refractivity (Wildman–Crippen MR) is 59.1 cm³/mol. The lowest BCUT2D eigenvalue weighted by atomic mass is 10.2. The molecule has 0 spiro atoms. The maximum Gasteiger partial charge on any atom is 0.252 e. The molecule has 70 valence electrons. The van der Waals surface area contributed by atoms with Gasteiger partial charge in [0, 0.05) is 5.38 Å². The minimum absolute atomic E-state index is 0.00691. The summed E-state index contributed by atoms with van der Waals surface area (Å²) in [4.78, 5) is 11.5. The van der Waals surface area contributed by atoms with Crippen LogP contribution in [0.15, 0.2) is 11.4 Å². The van der Waals surface area contributed by atoms with Crippen molar-refractivity contribution < 1.29 is 9.53 Å². The van der Waals surface area contributed by atoms with Crippen molar-refractivity contribution in [3.05, 3.63) is 19.9 Å². The fraction of sp³-hybridized carbons (Fsp3) is 0.375. The van der Waals surface area contributed by atoms with Gasteiger partial charge in [0.05, 0.1) is 27.7 Å². The standard InChI is InChI=1S/C8H8INO2S/c9-7-1-5(4-13-7)8(11)10-6-2-12-3-6/h1,4,6H,2-3H2,(H,10,11). The van der Waals surface area contributed by atoms with E-state index in [0.717, 1.165) is 8.45 Å². The van der Waals surface area contributed by atoms with Crippen LogP contribution in [-0.4, -0.2) is 25.2 Å². The van der Waals surface area contributed by atoms with Crippen molar-refractivity contribution in [3.63, 3.8) is 0 Å². The highest BCUT2D eigenvalue weighted by molar-refractivity contribution is 14.1. The number of amides is 1. The summed E-state index contributed by atoms with van der Waals surface area (Å²) < 4.78 is 6.10. The Morgan fingerprint density at radius 2 is 2.46 bits per heavy atom. The lowest BCUT2D eigenvalue weighted by Gasteiger charge is -2.26. The van der Waals surface area contributed by atoms with E-state index >= 15 is 0 Å². The second-order valence-corrected chi connectivity index (χ2v) is 5.65. The van der Waals surface area contributed by atoms with E-state index in [9.17, 15) is 4.79 Å². The molecule has 0 aromatic carbocycles. The summed E-state index contributed by atoms with van der Waals surface area (Å²) >= 11 is 3.78. The van der Waals surface area contributed by atoms with Crippen LogP contribution in [0.2, 0.25) is 0 Å². The zero-order chi connectivity index (χ0) is 9.26. The quantitative estimate of drug-likeness (QED) is 0.841. The van der Waals surface area contributed by atoms with E-state index in [1.165, 1.54) is 0 Å². The maximum absolute atomic E-state index is 11.5. The highest BCUT2D eigenvalue weighted by Gasteiger charge is 2.21. The molecule has 0 atom stereocenters. The third-order valence-electron chi connectivity index (χ3n) is 1.80. The first-order valence-electron chi connectivity index (χ1n) is 3.88. The average Bonchev–Trinajstić information content (AvgIpc) is 2.44. The molecule has 13 heavy (non-hydrogen) atoms. The van der Waals surface area contributed by atoms with Gasteiger partial charge in [0.25, 0.3) is 5.91 Å². The highest BCUT2D eigenvalue weighted by Crippen LogP contribution is 2.16. The average molecular weight is 309 g/mol. The zero-order valence-electron chi connectivity index (χ0n) is 6.75. The fourth-order valence-corrected chi connectivity index (χ4v) is 2.34. The molecule has 0 aliphatic carbocycles. The Hall–Kier alpha value is -0.140. The highest BCUT2D eigenvalue weighted by atomic mass is 127. The molecule has 3 nitrogen and oxygen atoms in total. The smallest absolute Gasteiger partial charge is 0.252 e. The molecule has 1 N–H and O–H groups in total. The van der Waals surface area contributed by atoms with E-state index in [-0.39, 0.29) is 11.9 Å². The number of ether oxygens (including phenoxy) is 1. The number of nitrogens with one attached hydrogen (secondary N) is 1. The van der Waals surface area contributed by atoms with Gasteiger partial charge < -0.3 is 10.1 Å². The SMILES string of the molecule is O=C(NC1COC1)c1csc(I)c1. The van der Waals surface area contributed by atoms with Crippen LogP contribution < -0.4 is 5.32 Å². The predicted octanol–water partition coefficient (Wildman–Crippen LogP) is 1.48. The first-order valence-corrected chi connectivity index (χ1v) is 5.84. The Morgan fingerprint density at radius 1 is 1.69 bits per heavy atom. The summed E-state index contributed by atoms with van der Waals surface area (Å²) in [5.41, 5.74) is 0.751. The number of hydrogen-bond acceptors (Lipinski definition) is 3. The van der Waals surface area contributed by atoms with Crippen LogP contribution in [0, 0.1) is 2.88 Å². The normalized spacial score (nSPS) is 16.7. The molecule has 0 radical (unpaired) electrons. The molecule has 0 bridgehead atoms. The third kappa shape index (κ3) is 2.21. The topological polar surface area (TPSA) is 38.3 Å². The molecule has 0 unspecified atom stereocenters. The molecule has 1 saturated heterocycles. The molecule has 1 aromatic rings. The van der Waals surface area contributed by atoms with Crippen molar-refractivity contribution in [2.24, 2.45) is 0 Å². The van der Waals surface area contributed by atoms with E-state index in [0.29, 0.717) is 13.2 Å². The van der Waals surface area contributed by atoms with Crippen LogP contribution >= 0.6 is 33.9 Å². The molecule has 2 heterocycles. The Morgan fingerprint density at radius 3 is 2.92 bits per heavy atom. The van der Waals surface area contributed by atoms with Crippen LogP contribution in [0.1, 0.15) is 10.4 Å². The van der Waals surface area contributed by atoms with Gasteiger partial charge >= 0.3 is 0 Å². The van der Waals surface area contributed by atoms with E-state index in [1.807, 2.05) is 11.4 Å². The van der Waals surface area contributed by atoms with Crippen molar-refractivity contribution >= 4 is 39.8 Å². The molecule has 1 fully saturated rings. The molecule has 0 saturated carbocycles. The van der Waals surface area contributed by atoms with Gasteiger partial charge in [0.2, 0.25) is 0 Å². The first kappa shape index (κ1) is 9.42. The van der Waals surface area contributed by atoms with Crippen LogP contribution in [0.3, 0.4) is 0 Å². The largest absolute Gasteiger partial charge is 0.377 e.